The Labute approximate surface area is 202 Å². The van der Waals surface area contributed by atoms with Crippen LogP contribution in [-0.2, 0) is 4.79 Å². The summed E-state index contributed by atoms with van der Waals surface area (Å²) in [4.78, 5) is 19.9. The Bertz CT molecular complexity index is 876. The quantitative estimate of drug-likeness (QED) is 0.621. The number of carbonyl (C=O) groups is 1. The van der Waals surface area contributed by atoms with E-state index in [0.717, 1.165) is 57.3 Å². The number of carbonyl (C=O) groups excluding carboxylic acids is 1. The molecule has 2 aromatic rings. The third-order valence-electron chi connectivity index (χ3n) is 6.68. The van der Waals surface area contributed by atoms with E-state index >= 15 is 0 Å². The molecule has 0 bridgehead atoms. The number of hydrogen-bond donors (Lipinski definition) is 1. The van der Waals surface area contributed by atoms with Gasteiger partial charge in [-0.25, -0.2) is 0 Å². The lowest BCUT2D eigenvalue weighted by Gasteiger charge is -2.37. The van der Waals surface area contributed by atoms with E-state index < -0.39 is 0 Å². The molecule has 0 spiro atoms. The van der Waals surface area contributed by atoms with Crippen molar-refractivity contribution in [1.29, 1.82) is 0 Å². The van der Waals surface area contributed by atoms with Crippen LogP contribution in [0.3, 0.4) is 0 Å². The molecular formula is C26H35ClN4O2. The first-order valence-corrected chi connectivity index (χ1v) is 12.5. The highest BCUT2D eigenvalue weighted by molar-refractivity contribution is 6.30. The summed E-state index contributed by atoms with van der Waals surface area (Å²) >= 11 is 5.91. The second-order valence-electron chi connectivity index (χ2n) is 8.94. The number of hydrogen-bond acceptors (Lipinski definition) is 5. The van der Waals surface area contributed by atoms with E-state index in [1.165, 1.54) is 24.9 Å². The van der Waals surface area contributed by atoms with E-state index in [0.29, 0.717) is 11.6 Å². The maximum Gasteiger partial charge on any atom is 0.241 e. The lowest BCUT2D eigenvalue weighted by Crippen LogP contribution is -2.53. The Morgan fingerprint density at radius 2 is 1.61 bits per heavy atom. The van der Waals surface area contributed by atoms with Crippen molar-refractivity contribution in [3.8, 4) is 5.75 Å². The molecule has 1 amide bonds. The van der Waals surface area contributed by atoms with Crippen molar-refractivity contribution in [2.24, 2.45) is 0 Å². The SMILES string of the molecule is C[C@@H](C(=O)Nc1ccc(N2CCCCC2)cc1)N1CCN(CCOc2ccc(Cl)cc2)CC1. The minimum absolute atomic E-state index is 0.0558. The highest BCUT2D eigenvalue weighted by Gasteiger charge is 2.25. The molecule has 2 aliphatic rings. The van der Waals surface area contributed by atoms with E-state index in [9.17, 15) is 4.79 Å². The predicted octanol–water partition coefficient (Wildman–Crippen LogP) is 4.35. The Morgan fingerprint density at radius 1 is 0.939 bits per heavy atom. The second-order valence-corrected chi connectivity index (χ2v) is 9.38. The van der Waals surface area contributed by atoms with Gasteiger partial charge in [-0.3, -0.25) is 14.6 Å². The van der Waals surface area contributed by atoms with Crippen molar-refractivity contribution in [2.45, 2.75) is 32.2 Å². The first-order chi connectivity index (χ1) is 16.1. The first-order valence-electron chi connectivity index (χ1n) is 12.1. The molecule has 4 rings (SSSR count). The van der Waals surface area contributed by atoms with E-state index in [-0.39, 0.29) is 11.9 Å². The maximum absolute atomic E-state index is 12.8. The van der Waals surface area contributed by atoms with Crippen LogP contribution < -0.4 is 15.0 Å². The fourth-order valence-corrected chi connectivity index (χ4v) is 4.64. The number of piperazine rings is 1. The molecule has 2 fully saturated rings. The molecule has 0 aliphatic carbocycles. The van der Waals surface area contributed by atoms with Gasteiger partial charge in [0.05, 0.1) is 6.04 Å². The van der Waals surface area contributed by atoms with Crippen molar-refractivity contribution in [3.05, 3.63) is 53.6 Å². The summed E-state index contributed by atoms with van der Waals surface area (Å²) in [6.45, 7) is 9.40. The molecule has 0 unspecified atom stereocenters. The standard InChI is InChI=1S/C26H35ClN4O2/c1-21(26(32)28-23-7-9-24(10-8-23)31-13-3-2-4-14-31)30-17-15-29(16-18-30)19-20-33-25-11-5-22(27)6-12-25/h5-12,21H,2-4,13-20H2,1H3,(H,28,32)/t21-/m0/s1. The Kier molecular flexibility index (Phi) is 8.48. The molecule has 6 nitrogen and oxygen atoms in total. The molecule has 178 valence electrons. The monoisotopic (exact) mass is 470 g/mol. The lowest BCUT2D eigenvalue weighted by molar-refractivity contribution is -0.121. The van der Waals surface area contributed by atoms with Crippen molar-refractivity contribution in [2.75, 3.05) is 62.6 Å². The summed E-state index contributed by atoms with van der Waals surface area (Å²) in [6, 6.07) is 15.6. The zero-order valence-electron chi connectivity index (χ0n) is 19.5. The Morgan fingerprint density at radius 3 is 2.27 bits per heavy atom. The molecule has 2 aliphatic heterocycles. The molecule has 2 saturated heterocycles. The molecular weight excluding hydrogens is 436 g/mol. The Hall–Kier alpha value is -2.28. The van der Waals surface area contributed by atoms with Gasteiger partial charge in [-0.15, -0.1) is 0 Å². The largest absolute Gasteiger partial charge is 0.492 e. The Balaban J connectivity index is 1.17. The summed E-state index contributed by atoms with van der Waals surface area (Å²) in [6.07, 6.45) is 3.85. The van der Waals surface area contributed by atoms with Gasteiger partial charge in [-0.2, -0.15) is 0 Å². The van der Waals surface area contributed by atoms with Gasteiger partial charge >= 0.3 is 0 Å². The van der Waals surface area contributed by atoms with Crippen LogP contribution in [-0.4, -0.2) is 74.2 Å². The highest BCUT2D eigenvalue weighted by Crippen LogP contribution is 2.22. The average molecular weight is 471 g/mol. The predicted molar refractivity (Wildman–Crippen MR) is 136 cm³/mol. The molecule has 2 heterocycles. The normalized spacial score (nSPS) is 18.7. The first kappa shape index (κ1) is 23.9. The van der Waals surface area contributed by atoms with Gasteiger partial charge in [0, 0.05) is 62.2 Å². The highest BCUT2D eigenvalue weighted by atomic mass is 35.5. The van der Waals surface area contributed by atoms with Crippen LogP contribution in [0.2, 0.25) is 5.02 Å². The minimum atomic E-state index is -0.153. The number of benzene rings is 2. The summed E-state index contributed by atoms with van der Waals surface area (Å²) < 4.78 is 5.81. The van der Waals surface area contributed by atoms with Crippen molar-refractivity contribution in [1.82, 2.24) is 9.80 Å². The van der Waals surface area contributed by atoms with Crippen molar-refractivity contribution in [3.63, 3.8) is 0 Å². The van der Waals surface area contributed by atoms with Gasteiger partial charge in [-0.1, -0.05) is 11.6 Å². The number of amides is 1. The number of nitrogens with one attached hydrogen (secondary N) is 1. The number of rotatable bonds is 8. The fraction of sp³-hybridized carbons (Fsp3) is 0.500. The van der Waals surface area contributed by atoms with Gasteiger partial charge in [0.15, 0.2) is 0 Å². The van der Waals surface area contributed by atoms with Crippen molar-refractivity contribution < 1.29 is 9.53 Å². The lowest BCUT2D eigenvalue weighted by atomic mass is 10.1. The van der Waals surface area contributed by atoms with E-state index in [2.05, 4.69) is 32.1 Å². The summed E-state index contributed by atoms with van der Waals surface area (Å²) in [5, 5.41) is 3.81. The van der Waals surface area contributed by atoms with Crippen LogP contribution in [0, 0.1) is 0 Å². The number of ether oxygens (including phenoxy) is 1. The summed E-state index contributed by atoms with van der Waals surface area (Å²) in [5.41, 5.74) is 2.11. The second kappa shape index (κ2) is 11.7. The van der Waals surface area contributed by atoms with Crippen LogP contribution in [0.4, 0.5) is 11.4 Å². The van der Waals surface area contributed by atoms with E-state index in [1.54, 1.807) is 0 Å². The molecule has 0 saturated carbocycles. The number of nitrogens with zero attached hydrogens (tertiary/aromatic N) is 3. The third kappa shape index (κ3) is 6.85. The van der Waals surface area contributed by atoms with Crippen LogP contribution in [0.1, 0.15) is 26.2 Å². The maximum atomic E-state index is 12.8. The van der Waals surface area contributed by atoms with E-state index in [1.807, 2.05) is 43.3 Å². The molecule has 0 radical (unpaired) electrons. The zero-order valence-corrected chi connectivity index (χ0v) is 20.3. The topological polar surface area (TPSA) is 48.1 Å². The van der Waals surface area contributed by atoms with Crippen LogP contribution in [0.5, 0.6) is 5.75 Å². The fourth-order valence-electron chi connectivity index (χ4n) is 4.52. The summed E-state index contributed by atoms with van der Waals surface area (Å²) in [7, 11) is 0. The minimum Gasteiger partial charge on any atom is -0.492 e. The van der Waals surface area contributed by atoms with Crippen LogP contribution in [0.25, 0.3) is 0 Å². The molecule has 0 aromatic heterocycles. The number of anilines is 2. The molecule has 33 heavy (non-hydrogen) atoms. The van der Waals surface area contributed by atoms with Gasteiger partial charge < -0.3 is 15.0 Å². The molecule has 7 heteroatoms. The van der Waals surface area contributed by atoms with Crippen LogP contribution in [0.15, 0.2) is 48.5 Å². The number of piperidine rings is 1. The zero-order chi connectivity index (χ0) is 23.0. The molecule has 1 atom stereocenters. The molecule has 1 N–H and O–H groups in total. The van der Waals surface area contributed by atoms with Gasteiger partial charge in [0.2, 0.25) is 5.91 Å². The average Bonchev–Trinajstić information content (AvgIpc) is 2.86. The van der Waals surface area contributed by atoms with Crippen LogP contribution >= 0.6 is 11.6 Å². The van der Waals surface area contributed by atoms with Gasteiger partial charge in [-0.05, 0) is 74.7 Å². The third-order valence-corrected chi connectivity index (χ3v) is 6.93. The molecule has 2 aromatic carbocycles. The number of halogens is 1. The smallest absolute Gasteiger partial charge is 0.241 e. The van der Waals surface area contributed by atoms with E-state index in [4.69, 9.17) is 16.3 Å². The summed E-state index contributed by atoms with van der Waals surface area (Å²) in [5.74, 6) is 0.896. The van der Waals surface area contributed by atoms with Crippen molar-refractivity contribution >= 4 is 28.9 Å². The van der Waals surface area contributed by atoms with Gasteiger partial charge in [0.1, 0.15) is 12.4 Å². The van der Waals surface area contributed by atoms with Gasteiger partial charge in [0.25, 0.3) is 0 Å².